The summed E-state index contributed by atoms with van der Waals surface area (Å²) in [5.41, 5.74) is 5.06. The third kappa shape index (κ3) is 3.24. The van der Waals surface area contributed by atoms with Crippen molar-refractivity contribution in [1.82, 2.24) is 9.99 Å². The minimum absolute atomic E-state index is 0.162. The number of hydrogen-bond donors (Lipinski definition) is 2. The number of hydrogen-bond acceptors (Lipinski definition) is 4. The second kappa shape index (κ2) is 7.42. The average Bonchev–Trinajstić information content (AvgIpc) is 3.33. The number of nitrogens with zero attached hydrogens (tertiary/aromatic N) is 1. The van der Waals surface area contributed by atoms with Crippen molar-refractivity contribution in [2.24, 2.45) is 5.84 Å². The van der Waals surface area contributed by atoms with E-state index in [1.54, 1.807) is 19.2 Å². The van der Waals surface area contributed by atoms with E-state index in [1.807, 2.05) is 42.5 Å². The summed E-state index contributed by atoms with van der Waals surface area (Å²) in [6.07, 6.45) is 0. The summed E-state index contributed by atoms with van der Waals surface area (Å²) in [6.45, 7) is 0.425. The molecule has 0 radical (unpaired) electrons. The maximum Gasteiger partial charge on any atom is 0.300 e. The Kier molecular flexibility index (Phi) is 4.81. The molecule has 1 amide bonds. The largest absolute Gasteiger partial charge is 0.495 e. The average molecular weight is 396 g/mol. The molecule has 4 rings (SSSR count). The fourth-order valence-corrected chi connectivity index (χ4v) is 3.48. The maximum atomic E-state index is 11.7. The van der Waals surface area contributed by atoms with Crippen LogP contribution in [0.4, 0.5) is 0 Å². The van der Waals surface area contributed by atoms with E-state index >= 15 is 0 Å². The van der Waals surface area contributed by atoms with Crippen molar-refractivity contribution in [1.29, 1.82) is 0 Å². The first-order chi connectivity index (χ1) is 13.6. The Balaban J connectivity index is 1.86. The predicted molar refractivity (Wildman–Crippen MR) is 108 cm³/mol. The van der Waals surface area contributed by atoms with Gasteiger partial charge in [0.25, 0.3) is 0 Å². The van der Waals surface area contributed by atoms with Crippen LogP contribution in [-0.4, -0.2) is 17.6 Å². The predicted octanol–water partition coefficient (Wildman–Crippen LogP) is 4.22. The summed E-state index contributed by atoms with van der Waals surface area (Å²) in [7, 11) is 1.59. The molecular weight excluding hydrogens is 378 g/mol. The van der Waals surface area contributed by atoms with Gasteiger partial charge in [0.15, 0.2) is 5.76 Å². The quantitative estimate of drug-likeness (QED) is 0.301. The van der Waals surface area contributed by atoms with Crippen molar-refractivity contribution in [2.75, 3.05) is 7.11 Å². The van der Waals surface area contributed by atoms with Gasteiger partial charge in [-0.1, -0.05) is 41.9 Å². The molecule has 0 unspecified atom stereocenters. The number of nitrogens with two attached hydrogens (primary N) is 1. The highest BCUT2D eigenvalue weighted by Gasteiger charge is 2.16. The molecule has 0 bridgehead atoms. The van der Waals surface area contributed by atoms with Gasteiger partial charge in [0.1, 0.15) is 11.5 Å². The van der Waals surface area contributed by atoms with Gasteiger partial charge in [0, 0.05) is 11.1 Å². The molecule has 4 aromatic rings. The Morgan fingerprint density at radius 2 is 1.96 bits per heavy atom. The van der Waals surface area contributed by atoms with E-state index in [0.717, 1.165) is 22.2 Å². The molecule has 0 saturated heterocycles. The molecule has 28 heavy (non-hydrogen) atoms. The summed E-state index contributed by atoms with van der Waals surface area (Å²) < 4.78 is 13.1. The van der Waals surface area contributed by atoms with Gasteiger partial charge >= 0.3 is 5.91 Å². The second-order valence-corrected chi connectivity index (χ2v) is 6.67. The lowest BCUT2D eigenvalue weighted by Gasteiger charge is -2.10. The Morgan fingerprint density at radius 1 is 1.18 bits per heavy atom. The lowest BCUT2D eigenvalue weighted by molar-refractivity contribution is 0.0924. The van der Waals surface area contributed by atoms with Gasteiger partial charge in [-0.2, -0.15) is 0 Å². The number of methoxy groups -OCH3 is 1. The third-order valence-corrected chi connectivity index (χ3v) is 4.87. The van der Waals surface area contributed by atoms with Gasteiger partial charge < -0.3 is 13.7 Å². The number of carbonyl (C=O) groups excluding carboxylic acids is 1. The number of fused-ring (bicyclic) bond motifs is 1. The van der Waals surface area contributed by atoms with Crippen LogP contribution < -0.4 is 16.0 Å². The number of furan rings is 1. The van der Waals surface area contributed by atoms with Gasteiger partial charge in [-0.25, -0.2) is 5.84 Å². The fraction of sp³-hybridized carbons (Fsp3) is 0.0952. The highest BCUT2D eigenvalue weighted by molar-refractivity contribution is 6.32. The van der Waals surface area contributed by atoms with Gasteiger partial charge in [0.2, 0.25) is 0 Å². The molecule has 2 aromatic carbocycles. The number of ether oxygens (including phenoxy) is 1. The van der Waals surface area contributed by atoms with Crippen molar-refractivity contribution in [3.05, 3.63) is 77.2 Å². The minimum atomic E-state index is -0.473. The standard InChI is InChI=1S/C21H18ClN3O3/c1-27-20-10-14-9-17(13-5-3-2-4-6-13)25(18(14)11-16(20)22)12-15-7-8-19(28-15)21(26)24-23/h2-11H,12,23H2,1H3,(H,24,26). The summed E-state index contributed by atoms with van der Waals surface area (Å²) in [5, 5.41) is 1.52. The SMILES string of the molecule is COc1cc2cc(-c3ccccc3)n(Cc3ccc(C(=O)NN)o3)c2cc1Cl. The van der Waals surface area contributed by atoms with Gasteiger partial charge in [-0.3, -0.25) is 10.2 Å². The normalized spacial score (nSPS) is 11.0. The molecular formula is C21H18ClN3O3. The third-order valence-electron chi connectivity index (χ3n) is 4.57. The molecule has 0 atom stereocenters. The van der Waals surface area contributed by atoms with Gasteiger partial charge in [-0.05, 0) is 35.9 Å². The number of aromatic nitrogens is 1. The van der Waals surface area contributed by atoms with Gasteiger partial charge in [0.05, 0.1) is 24.2 Å². The van der Waals surface area contributed by atoms with Crippen LogP contribution in [-0.2, 0) is 6.54 Å². The van der Waals surface area contributed by atoms with Crippen molar-refractivity contribution >= 4 is 28.4 Å². The van der Waals surface area contributed by atoms with E-state index in [1.165, 1.54) is 0 Å². The van der Waals surface area contributed by atoms with Crippen molar-refractivity contribution in [2.45, 2.75) is 6.54 Å². The van der Waals surface area contributed by atoms with Crippen LogP contribution in [0.25, 0.3) is 22.2 Å². The van der Waals surface area contributed by atoms with E-state index in [9.17, 15) is 4.79 Å². The summed E-state index contributed by atoms with van der Waals surface area (Å²) in [6, 6.07) is 19.3. The van der Waals surface area contributed by atoms with Crippen LogP contribution in [0.1, 0.15) is 16.3 Å². The van der Waals surface area contributed by atoms with Crippen molar-refractivity contribution in [3.63, 3.8) is 0 Å². The highest BCUT2D eigenvalue weighted by atomic mass is 35.5. The summed E-state index contributed by atoms with van der Waals surface area (Å²) in [4.78, 5) is 11.7. The Morgan fingerprint density at radius 3 is 2.68 bits per heavy atom. The number of benzene rings is 2. The molecule has 0 aliphatic heterocycles. The van der Waals surface area contributed by atoms with Crippen molar-refractivity contribution in [3.8, 4) is 17.0 Å². The molecule has 2 aromatic heterocycles. The monoisotopic (exact) mass is 395 g/mol. The summed E-state index contributed by atoms with van der Waals surface area (Å²) in [5.74, 6) is 6.11. The van der Waals surface area contributed by atoms with Gasteiger partial charge in [-0.15, -0.1) is 0 Å². The lowest BCUT2D eigenvalue weighted by atomic mass is 10.1. The van der Waals surface area contributed by atoms with E-state index in [4.69, 9.17) is 26.6 Å². The second-order valence-electron chi connectivity index (χ2n) is 6.27. The van der Waals surface area contributed by atoms with Crippen LogP contribution in [0.2, 0.25) is 5.02 Å². The first-order valence-corrected chi connectivity index (χ1v) is 9.00. The van der Waals surface area contributed by atoms with Crippen LogP contribution in [0, 0.1) is 0 Å². The molecule has 0 aliphatic rings. The first kappa shape index (κ1) is 18.2. The Labute approximate surface area is 166 Å². The number of rotatable bonds is 5. The molecule has 142 valence electrons. The first-order valence-electron chi connectivity index (χ1n) is 8.62. The zero-order valence-electron chi connectivity index (χ0n) is 15.1. The van der Waals surface area contributed by atoms with Crippen molar-refractivity contribution < 1.29 is 13.9 Å². The number of nitrogen functional groups attached to an aromatic ring is 1. The molecule has 0 saturated carbocycles. The zero-order chi connectivity index (χ0) is 19.7. The molecule has 6 nitrogen and oxygen atoms in total. The highest BCUT2D eigenvalue weighted by Crippen LogP contribution is 2.35. The minimum Gasteiger partial charge on any atom is -0.495 e. The molecule has 0 spiro atoms. The molecule has 7 heteroatoms. The van der Waals surface area contributed by atoms with Crippen LogP contribution in [0.15, 0.2) is 65.1 Å². The van der Waals surface area contributed by atoms with Crippen LogP contribution in [0.5, 0.6) is 5.75 Å². The van der Waals surface area contributed by atoms with Crippen LogP contribution in [0.3, 0.4) is 0 Å². The van der Waals surface area contributed by atoms with E-state index in [-0.39, 0.29) is 5.76 Å². The number of hydrazine groups is 1. The van der Waals surface area contributed by atoms with E-state index in [2.05, 4.69) is 16.1 Å². The number of halogens is 1. The topological polar surface area (TPSA) is 82.4 Å². The number of carbonyl (C=O) groups is 1. The smallest absolute Gasteiger partial charge is 0.300 e. The number of nitrogens with one attached hydrogen (secondary N) is 1. The maximum absolute atomic E-state index is 11.7. The van der Waals surface area contributed by atoms with Crippen LogP contribution >= 0.6 is 11.6 Å². The Bertz CT molecular complexity index is 1150. The zero-order valence-corrected chi connectivity index (χ0v) is 15.9. The number of amides is 1. The summed E-state index contributed by atoms with van der Waals surface area (Å²) >= 11 is 6.37. The molecule has 3 N–H and O–H groups in total. The Hall–Kier alpha value is -3.22. The lowest BCUT2D eigenvalue weighted by Crippen LogP contribution is -2.29. The molecule has 0 fully saturated rings. The molecule has 0 aliphatic carbocycles. The van der Waals surface area contributed by atoms with E-state index in [0.29, 0.717) is 23.1 Å². The molecule has 2 heterocycles. The fourth-order valence-electron chi connectivity index (χ4n) is 3.25. The van der Waals surface area contributed by atoms with E-state index < -0.39 is 5.91 Å².